The van der Waals surface area contributed by atoms with Crippen molar-refractivity contribution in [1.82, 2.24) is 4.98 Å². The zero-order valence-corrected chi connectivity index (χ0v) is 17.7. The van der Waals surface area contributed by atoms with Gasteiger partial charge in [0.2, 0.25) is 0 Å². The van der Waals surface area contributed by atoms with Crippen LogP contribution in [0.5, 0.6) is 11.5 Å². The fourth-order valence-corrected chi connectivity index (χ4v) is 3.88. The van der Waals surface area contributed by atoms with Gasteiger partial charge in [-0.3, -0.25) is 0 Å². The number of nitrogens with two attached hydrogens (primary N) is 1. The molecule has 0 radical (unpaired) electrons. The molecule has 0 aliphatic heterocycles. The molecule has 5 heteroatoms. The molecule has 0 fully saturated rings. The molecule has 0 aliphatic rings. The number of rotatable bonds is 9. The van der Waals surface area contributed by atoms with Crippen LogP contribution in [0.15, 0.2) is 30.3 Å². The van der Waals surface area contributed by atoms with Crippen LogP contribution in [0.3, 0.4) is 0 Å². The van der Waals surface area contributed by atoms with Crippen LogP contribution in [0.2, 0.25) is 5.02 Å². The van der Waals surface area contributed by atoms with E-state index in [0.717, 1.165) is 57.9 Å². The second-order valence-electron chi connectivity index (χ2n) is 6.87. The summed E-state index contributed by atoms with van der Waals surface area (Å²) in [5, 5.41) is 1.89. The van der Waals surface area contributed by atoms with Crippen molar-refractivity contribution in [2.45, 2.75) is 40.0 Å². The Morgan fingerprint density at radius 1 is 1.00 bits per heavy atom. The zero-order valence-electron chi connectivity index (χ0n) is 16.9. The van der Waals surface area contributed by atoms with Gasteiger partial charge in [-0.15, -0.1) is 0 Å². The Hall–Kier alpha value is -2.17. The number of ether oxygens (including phenoxy) is 2. The molecular weight excluding hydrogens is 372 g/mol. The first-order valence-electron chi connectivity index (χ1n) is 10.00. The maximum Gasteiger partial charge on any atom is 0.161 e. The van der Waals surface area contributed by atoms with Crippen LogP contribution in [0.1, 0.15) is 37.8 Å². The number of benzene rings is 2. The summed E-state index contributed by atoms with van der Waals surface area (Å²) < 4.78 is 11.5. The molecule has 0 bridgehead atoms. The second kappa shape index (κ2) is 9.35. The summed E-state index contributed by atoms with van der Waals surface area (Å²) in [4.78, 5) is 3.63. The molecule has 2 aromatic carbocycles. The van der Waals surface area contributed by atoms with Crippen molar-refractivity contribution in [1.29, 1.82) is 0 Å². The Labute approximate surface area is 172 Å². The van der Waals surface area contributed by atoms with Crippen molar-refractivity contribution in [3.63, 3.8) is 0 Å². The predicted octanol–water partition coefficient (Wildman–Crippen LogP) is 5.88. The third kappa shape index (κ3) is 4.13. The molecule has 0 amide bonds. The fourth-order valence-electron chi connectivity index (χ4n) is 3.61. The number of unbranched alkanes of at least 4 members (excludes halogenated alkanes) is 1. The average molecular weight is 401 g/mol. The molecule has 0 aliphatic carbocycles. The van der Waals surface area contributed by atoms with Gasteiger partial charge in [0, 0.05) is 16.6 Å². The number of aromatic amines is 1. The van der Waals surface area contributed by atoms with E-state index >= 15 is 0 Å². The Kier molecular flexibility index (Phi) is 6.87. The molecule has 1 heterocycles. The number of nitrogens with one attached hydrogen (secondary N) is 1. The standard InChI is InChI=1S/C23H29ClN2O2/c1-4-27-19-12-10-16(14-20(19)28-5-2)23-17(8-6-7-13-25)21-18(24)11-9-15(3)22(21)26-23/h9-12,14,26H,4-8,13,25H2,1-3H3. The van der Waals surface area contributed by atoms with Crippen molar-refractivity contribution in [3.8, 4) is 22.8 Å². The van der Waals surface area contributed by atoms with E-state index in [4.69, 9.17) is 26.8 Å². The van der Waals surface area contributed by atoms with E-state index in [1.807, 2.05) is 26.0 Å². The van der Waals surface area contributed by atoms with Crippen molar-refractivity contribution in [3.05, 3.63) is 46.5 Å². The lowest BCUT2D eigenvalue weighted by molar-refractivity contribution is 0.288. The summed E-state index contributed by atoms with van der Waals surface area (Å²) in [7, 11) is 0. The predicted molar refractivity (Wildman–Crippen MR) is 118 cm³/mol. The molecule has 1 aromatic heterocycles. The number of H-pyrrole nitrogens is 1. The van der Waals surface area contributed by atoms with Crippen LogP contribution in [0.4, 0.5) is 0 Å². The van der Waals surface area contributed by atoms with E-state index in [2.05, 4.69) is 30.1 Å². The summed E-state index contributed by atoms with van der Waals surface area (Å²) in [6, 6.07) is 10.1. The lowest BCUT2D eigenvalue weighted by Gasteiger charge is -2.13. The third-order valence-corrected chi connectivity index (χ3v) is 5.24. The summed E-state index contributed by atoms with van der Waals surface area (Å²) in [5.41, 5.74) is 11.4. The first-order chi connectivity index (χ1) is 13.6. The van der Waals surface area contributed by atoms with Crippen molar-refractivity contribution >= 4 is 22.5 Å². The van der Waals surface area contributed by atoms with Gasteiger partial charge in [-0.05, 0) is 82.0 Å². The molecule has 0 atom stereocenters. The lowest BCUT2D eigenvalue weighted by atomic mass is 9.99. The van der Waals surface area contributed by atoms with E-state index < -0.39 is 0 Å². The summed E-state index contributed by atoms with van der Waals surface area (Å²) in [6.45, 7) is 7.94. The van der Waals surface area contributed by atoms with E-state index in [0.29, 0.717) is 19.8 Å². The minimum Gasteiger partial charge on any atom is -0.490 e. The molecular formula is C23H29ClN2O2. The van der Waals surface area contributed by atoms with Gasteiger partial charge in [0.05, 0.1) is 23.8 Å². The van der Waals surface area contributed by atoms with E-state index in [1.54, 1.807) is 0 Å². The molecule has 0 spiro atoms. The molecule has 150 valence electrons. The van der Waals surface area contributed by atoms with Gasteiger partial charge in [0.15, 0.2) is 11.5 Å². The summed E-state index contributed by atoms with van der Waals surface area (Å²) >= 11 is 6.61. The maximum absolute atomic E-state index is 6.61. The maximum atomic E-state index is 6.61. The molecule has 28 heavy (non-hydrogen) atoms. The number of aromatic nitrogens is 1. The van der Waals surface area contributed by atoms with Crippen LogP contribution in [-0.4, -0.2) is 24.7 Å². The van der Waals surface area contributed by atoms with Crippen molar-refractivity contribution in [2.75, 3.05) is 19.8 Å². The Morgan fingerprint density at radius 2 is 1.75 bits per heavy atom. The molecule has 0 unspecified atom stereocenters. The van der Waals surface area contributed by atoms with E-state index in [9.17, 15) is 0 Å². The van der Waals surface area contributed by atoms with Crippen molar-refractivity contribution in [2.24, 2.45) is 5.73 Å². The number of aryl methyl sites for hydroxylation is 2. The Morgan fingerprint density at radius 3 is 2.46 bits per heavy atom. The highest BCUT2D eigenvalue weighted by molar-refractivity contribution is 6.36. The lowest BCUT2D eigenvalue weighted by Crippen LogP contribution is -2.00. The topological polar surface area (TPSA) is 60.3 Å². The van der Waals surface area contributed by atoms with Gasteiger partial charge in [-0.25, -0.2) is 0 Å². The highest BCUT2D eigenvalue weighted by Gasteiger charge is 2.18. The first kappa shape index (κ1) is 20.6. The van der Waals surface area contributed by atoms with Gasteiger partial charge in [0.1, 0.15) is 0 Å². The van der Waals surface area contributed by atoms with E-state index in [-0.39, 0.29) is 0 Å². The van der Waals surface area contributed by atoms with Gasteiger partial charge in [-0.2, -0.15) is 0 Å². The van der Waals surface area contributed by atoms with Crippen LogP contribution < -0.4 is 15.2 Å². The molecule has 4 nitrogen and oxygen atoms in total. The van der Waals surface area contributed by atoms with Gasteiger partial charge in [0.25, 0.3) is 0 Å². The van der Waals surface area contributed by atoms with Gasteiger partial charge < -0.3 is 20.2 Å². The average Bonchev–Trinajstić information content (AvgIpc) is 3.08. The zero-order chi connectivity index (χ0) is 20.1. The first-order valence-corrected chi connectivity index (χ1v) is 10.4. The smallest absolute Gasteiger partial charge is 0.161 e. The summed E-state index contributed by atoms with van der Waals surface area (Å²) in [5.74, 6) is 1.53. The van der Waals surface area contributed by atoms with E-state index in [1.165, 1.54) is 11.1 Å². The van der Waals surface area contributed by atoms with Crippen molar-refractivity contribution < 1.29 is 9.47 Å². The van der Waals surface area contributed by atoms with Gasteiger partial charge >= 0.3 is 0 Å². The number of fused-ring (bicyclic) bond motifs is 1. The minimum atomic E-state index is 0.588. The largest absolute Gasteiger partial charge is 0.490 e. The second-order valence-corrected chi connectivity index (χ2v) is 7.27. The minimum absolute atomic E-state index is 0.588. The molecule has 0 saturated carbocycles. The van der Waals surface area contributed by atoms with Crippen LogP contribution in [0.25, 0.3) is 22.2 Å². The number of halogens is 1. The number of hydrogen-bond acceptors (Lipinski definition) is 3. The quantitative estimate of drug-likeness (QED) is 0.441. The Balaban J connectivity index is 2.16. The highest BCUT2D eigenvalue weighted by Crippen LogP contribution is 2.39. The molecule has 0 saturated heterocycles. The van der Waals surface area contributed by atoms with Gasteiger partial charge in [-0.1, -0.05) is 17.7 Å². The highest BCUT2D eigenvalue weighted by atomic mass is 35.5. The molecule has 3 N–H and O–H groups in total. The Bertz CT molecular complexity index is 949. The van der Waals surface area contributed by atoms with Crippen LogP contribution in [0, 0.1) is 6.92 Å². The SMILES string of the molecule is CCOc1ccc(-c2[nH]c3c(C)ccc(Cl)c3c2CCCCN)cc1OCC. The summed E-state index contributed by atoms with van der Waals surface area (Å²) in [6.07, 6.45) is 2.94. The van der Waals surface area contributed by atoms with Crippen LogP contribution in [-0.2, 0) is 6.42 Å². The third-order valence-electron chi connectivity index (χ3n) is 4.93. The normalized spacial score (nSPS) is 11.2. The molecule has 3 aromatic rings. The molecule has 3 rings (SSSR count). The fraction of sp³-hybridized carbons (Fsp3) is 0.391. The number of hydrogen-bond donors (Lipinski definition) is 2. The van der Waals surface area contributed by atoms with Crippen LogP contribution >= 0.6 is 11.6 Å². The monoisotopic (exact) mass is 400 g/mol.